The van der Waals surface area contributed by atoms with Crippen molar-refractivity contribution in [1.82, 2.24) is 15.6 Å². The number of guanidine groups is 1. The molecule has 0 bridgehead atoms. The number of halogens is 2. The van der Waals surface area contributed by atoms with E-state index in [1.54, 1.807) is 17.4 Å². The molecule has 2 rings (SSSR count). The van der Waals surface area contributed by atoms with Crippen LogP contribution in [-0.2, 0) is 13.1 Å². The van der Waals surface area contributed by atoms with Crippen LogP contribution in [0.25, 0.3) is 0 Å². The van der Waals surface area contributed by atoms with Crippen LogP contribution >= 0.6 is 35.3 Å². The third-order valence-corrected chi connectivity index (χ3v) is 4.87. The summed E-state index contributed by atoms with van der Waals surface area (Å²) in [7, 11) is 0. The predicted octanol–water partition coefficient (Wildman–Crippen LogP) is 4.31. The molecule has 0 aliphatic heterocycles. The van der Waals surface area contributed by atoms with Crippen LogP contribution in [0.1, 0.15) is 36.2 Å². The van der Waals surface area contributed by atoms with Gasteiger partial charge in [-0.1, -0.05) is 6.07 Å². The number of aromatic nitrogens is 1. The highest BCUT2D eigenvalue weighted by atomic mass is 127. The molecule has 5 nitrogen and oxygen atoms in total. The van der Waals surface area contributed by atoms with Crippen molar-refractivity contribution < 1.29 is 4.39 Å². The summed E-state index contributed by atoms with van der Waals surface area (Å²) in [6.07, 6.45) is 1.87. The van der Waals surface area contributed by atoms with E-state index in [2.05, 4.69) is 20.6 Å². The lowest BCUT2D eigenvalue weighted by Crippen LogP contribution is -2.36. The van der Waals surface area contributed by atoms with Crippen molar-refractivity contribution >= 4 is 47.0 Å². The molecule has 2 N–H and O–H groups in total. The van der Waals surface area contributed by atoms with Gasteiger partial charge >= 0.3 is 0 Å². The van der Waals surface area contributed by atoms with Gasteiger partial charge in [0.1, 0.15) is 10.8 Å². The summed E-state index contributed by atoms with van der Waals surface area (Å²) < 4.78 is 14.4. The Labute approximate surface area is 182 Å². The molecule has 1 aromatic heterocycles. The normalized spacial score (nSPS) is 11.1. The van der Waals surface area contributed by atoms with E-state index in [1.165, 1.54) is 4.88 Å². The first-order valence-electron chi connectivity index (χ1n) is 9.04. The van der Waals surface area contributed by atoms with Crippen LogP contribution in [0, 0.1) is 12.7 Å². The lowest BCUT2D eigenvalue weighted by Gasteiger charge is -2.21. The van der Waals surface area contributed by atoms with Crippen molar-refractivity contribution in [3.63, 3.8) is 0 Å². The molecule has 0 spiro atoms. The third-order valence-electron chi connectivity index (χ3n) is 3.96. The molecule has 0 aliphatic carbocycles. The number of thiazole rings is 1. The molecule has 1 aromatic carbocycles. The van der Waals surface area contributed by atoms with Gasteiger partial charge in [-0.15, -0.1) is 35.3 Å². The molecule has 0 radical (unpaired) electrons. The minimum Gasteiger partial charge on any atom is -0.370 e. The first-order valence-corrected chi connectivity index (χ1v) is 9.85. The number of rotatable bonds is 8. The molecule has 0 fully saturated rings. The second-order valence-electron chi connectivity index (χ2n) is 5.87. The lowest BCUT2D eigenvalue weighted by atomic mass is 10.2. The van der Waals surface area contributed by atoms with E-state index in [9.17, 15) is 4.39 Å². The summed E-state index contributed by atoms with van der Waals surface area (Å²) in [4.78, 5) is 12.1. The number of nitrogens with zero attached hydrogens (tertiary/aromatic N) is 3. The average Bonchev–Trinajstić information content (AvgIpc) is 3.05. The number of aliphatic imine (C=N–C) groups is 1. The first kappa shape index (κ1) is 23.6. The maximum Gasteiger partial charge on any atom is 0.191 e. The van der Waals surface area contributed by atoms with Crippen molar-refractivity contribution in [2.45, 2.75) is 40.8 Å². The van der Waals surface area contributed by atoms with Crippen molar-refractivity contribution in [2.75, 3.05) is 24.5 Å². The zero-order valence-electron chi connectivity index (χ0n) is 16.4. The highest BCUT2D eigenvalue weighted by Crippen LogP contribution is 2.20. The van der Waals surface area contributed by atoms with E-state index < -0.39 is 0 Å². The maximum absolute atomic E-state index is 14.4. The SMILES string of the molecule is CCNC(=NCc1ccc(N(CC)CC)c(F)c1)NCc1ncc(C)s1.I. The Hall–Kier alpha value is -1.42. The van der Waals surface area contributed by atoms with E-state index in [0.29, 0.717) is 24.7 Å². The van der Waals surface area contributed by atoms with Gasteiger partial charge in [-0.25, -0.2) is 14.4 Å². The smallest absolute Gasteiger partial charge is 0.191 e. The van der Waals surface area contributed by atoms with Crippen LogP contribution in [-0.4, -0.2) is 30.6 Å². The summed E-state index contributed by atoms with van der Waals surface area (Å²) in [6.45, 7) is 11.5. The zero-order valence-corrected chi connectivity index (χ0v) is 19.5. The molecule has 0 aliphatic rings. The second-order valence-corrected chi connectivity index (χ2v) is 7.19. The van der Waals surface area contributed by atoms with Gasteiger partial charge in [0.25, 0.3) is 0 Å². The number of benzene rings is 1. The van der Waals surface area contributed by atoms with Gasteiger partial charge in [0, 0.05) is 30.7 Å². The fourth-order valence-corrected chi connectivity index (χ4v) is 3.35. The van der Waals surface area contributed by atoms with E-state index in [-0.39, 0.29) is 29.8 Å². The molecule has 2 aromatic rings. The quantitative estimate of drug-likeness (QED) is 0.319. The topological polar surface area (TPSA) is 52.6 Å². The molecule has 0 amide bonds. The van der Waals surface area contributed by atoms with E-state index in [1.807, 2.05) is 50.9 Å². The Kier molecular flexibility index (Phi) is 10.6. The highest BCUT2D eigenvalue weighted by Gasteiger charge is 2.09. The van der Waals surface area contributed by atoms with Gasteiger partial charge in [-0.3, -0.25) is 0 Å². The van der Waals surface area contributed by atoms with Crippen molar-refractivity contribution in [3.8, 4) is 0 Å². The maximum atomic E-state index is 14.4. The van der Waals surface area contributed by atoms with Gasteiger partial charge in [0.2, 0.25) is 0 Å². The molecule has 0 saturated carbocycles. The molecule has 1 heterocycles. The summed E-state index contributed by atoms with van der Waals surface area (Å²) >= 11 is 1.66. The Morgan fingerprint density at radius 1 is 1.22 bits per heavy atom. The summed E-state index contributed by atoms with van der Waals surface area (Å²) in [6, 6.07) is 5.35. The molecule has 0 atom stereocenters. The minimum absolute atomic E-state index is 0. The number of aryl methyl sites for hydroxylation is 1. The van der Waals surface area contributed by atoms with Gasteiger partial charge in [-0.05, 0) is 45.4 Å². The molecule has 150 valence electrons. The van der Waals surface area contributed by atoms with Crippen LogP contribution < -0.4 is 15.5 Å². The van der Waals surface area contributed by atoms with Crippen molar-refractivity contribution in [2.24, 2.45) is 4.99 Å². The Morgan fingerprint density at radius 3 is 2.52 bits per heavy atom. The van der Waals surface area contributed by atoms with Crippen molar-refractivity contribution in [1.29, 1.82) is 0 Å². The Bertz CT molecular complexity index is 731. The van der Waals surface area contributed by atoms with Crippen LogP contribution in [0.3, 0.4) is 0 Å². The average molecular weight is 505 g/mol. The van der Waals surface area contributed by atoms with Crippen LogP contribution in [0.4, 0.5) is 10.1 Å². The van der Waals surface area contributed by atoms with E-state index >= 15 is 0 Å². The molecular formula is C19H29FIN5S. The fourth-order valence-electron chi connectivity index (χ4n) is 2.62. The third kappa shape index (κ3) is 7.25. The minimum atomic E-state index is -0.197. The number of hydrogen-bond acceptors (Lipinski definition) is 4. The standard InChI is InChI=1S/C19H28FN5S.HI/c1-5-21-19(24-13-18-22-11-14(4)26-18)23-12-15-8-9-17(16(20)10-15)25(6-2)7-3;/h8-11H,5-7,12-13H2,1-4H3,(H2,21,23,24);1H. The van der Waals surface area contributed by atoms with Crippen LogP contribution in [0.5, 0.6) is 0 Å². The predicted molar refractivity (Wildman–Crippen MR) is 124 cm³/mol. The highest BCUT2D eigenvalue weighted by molar-refractivity contribution is 14.0. The molecule has 27 heavy (non-hydrogen) atoms. The molecule has 8 heteroatoms. The van der Waals surface area contributed by atoms with E-state index in [0.717, 1.165) is 30.2 Å². The number of hydrogen-bond donors (Lipinski definition) is 2. The largest absolute Gasteiger partial charge is 0.370 e. The van der Waals surface area contributed by atoms with Gasteiger partial charge in [0.05, 0.1) is 18.8 Å². The van der Waals surface area contributed by atoms with Gasteiger partial charge < -0.3 is 15.5 Å². The van der Waals surface area contributed by atoms with Crippen molar-refractivity contribution in [3.05, 3.63) is 45.7 Å². The van der Waals surface area contributed by atoms with Crippen LogP contribution in [0.2, 0.25) is 0 Å². The summed E-state index contributed by atoms with van der Waals surface area (Å²) in [5.74, 6) is 0.506. The summed E-state index contributed by atoms with van der Waals surface area (Å²) in [5, 5.41) is 7.49. The molecular weight excluding hydrogens is 476 g/mol. The van der Waals surface area contributed by atoms with E-state index in [4.69, 9.17) is 0 Å². The summed E-state index contributed by atoms with van der Waals surface area (Å²) in [5.41, 5.74) is 1.49. The zero-order chi connectivity index (χ0) is 18.9. The molecule has 0 saturated heterocycles. The Morgan fingerprint density at radius 2 is 1.96 bits per heavy atom. The fraction of sp³-hybridized carbons (Fsp3) is 0.474. The first-order chi connectivity index (χ1) is 12.6. The number of anilines is 1. The number of nitrogens with one attached hydrogen (secondary N) is 2. The monoisotopic (exact) mass is 505 g/mol. The second kappa shape index (κ2) is 12.1. The lowest BCUT2D eigenvalue weighted by molar-refractivity contribution is 0.617. The van der Waals surface area contributed by atoms with Gasteiger partial charge in [-0.2, -0.15) is 0 Å². The van der Waals surface area contributed by atoms with Crippen LogP contribution in [0.15, 0.2) is 29.4 Å². The molecule has 0 unspecified atom stereocenters. The Balaban J connectivity index is 0.00000364. The van der Waals surface area contributed by atoms with Gasteiger partial charge in [0.15, 0.2) is 5.96 Å².